The maximum Gasteiger partial charge on any atom is 0.340 e. The van der Waals surface area contributed by atoms with Gasteiger partial charge in [0.15, 0.2) is 0 Å². The lowest BCUT2D eigenvalue weighted by atomic mass is 10.1. The van der Waals surface area contributed by atoms with Gasteiger partial charge in [0, 0.05) is 3.57 Å². The summed E-state index contributed by atoms with van der Waals surface area (Å²) in [6.07, 6.45) is 0. The summed E-state index contributed by atoms with van der Waals surface area (Å²) in [5.41, 5.74) is 0.569. The number of carbonyl (C=O) groups is 1. The minimum atomic E-state index is -0.687. The second kappa shape index (κ2) is 6.69. The standard InChI is InChI=1S/C15H12FIO3/c1-19-15(18)13-6-5-10(7-14(13)16)9-20-12-4-2-3-11(17)8-12/h2-8H,9H2,1H3. The first-order chi connectivity index (χ1) is 9.60. The molecule has 0 aliphatic heterocycles. The van der Waals surface area contributed by atoms with Crippen LogP contribution in [0, 0.1) is 9.39 Å². The van der Waals surface area contributed by atoms with Crippen molar-refractivity contribution in [1.29, 1.82) is 0 Å². The Morgan fingerprint density at radius 1 is 1.25 bits per heavy atom. The summed E-state index contributed by atoms with van der Waals surface area (Å²) in [4.78, 5) is 11.3. The number of ether oxygens (including phenoxy) is 2. The lowest BCUT2D eigenvalue weighted by Gasteiger charge is -2.08. The summed E-state index contributed by atoms with van der Waals surface area (Å²) >= 11 is 2.19. The zero-order valence-corrected chi connectivity index (χ0v) is 12.9. The first-order valence-electron chi connectivity index (χ1n) is 5.85. The molecule has 2 aromatic rings. The molecule has 2 rings (SSSR count). The number of hydrogen-bond donors (Lipinski definition) is 0. The van der Waals surface area contributed by atoms with Gasteiger partial charge in [0.1, 0.15) is 18.2 Å². The second-order valence-electron chi connectivity index (χ2n) is 4.05. The topological polar surface area (TPSA) is 35.5 Å². The molecule has 0 bridgehead atoms. The normalized spacial score (nSPS) is 10.2. The van der Waals surface area contributed by atoms with Crippen molar-refractivity contribution < 1.29 is 18.7 Å². The number of methoxy groups -OCH3 is 1. The summed E-state index contributed by atoms with van der Waals surface area (Å²) in [6.45, 7) is 0.235. The van der Waals surface area contributed by atoms with E-state index in [1.165, 1.54) is 19.2 Å². The summed E-state index contributed by atoms with van der Waals surface area (Å²) in [5.74, 6) is -0.581. The van der Waals surface area contributed by atoms with Crippen LogP contribution in [-0.2, 0) is 11.3 Å². The first kappa shape index (κ1) is 14.8. The van der Waals surface area contributed by atoms with Crippen molar-refractivity contribution in [3.63, 3.8) is 0 Å². The molecule has 2 aromatic carbocycles. The van der Waals surface area contributed by atoms with Crippen molar-refractivity contribution >= 4 is 28.6 Å². The molecule has 20 heavy (non-hydrogen) atoms. The maximum atomic E-state index is 13.7. The summed E-state index contributed by atoms with van der Waals surface area (Å²) in [7, 11) is 1.22. The minimum Gasteiger partial charge on any atom is -0.489 e. The van der Waals surface area contributed by atoms with Crippen LogP contribution in [-0.4, -0.2) is 13.1 Å². The van der Waals surface area contributed by atoms with E-state index in [0.29, 0.717) is 11.3 Å². The van der Waals surface area contributed by atoms with Gasteiger partial charge in [-0.1, -0.05) is 12.1 Å². The highest BCUT2D eigenvalue weighted by Gasteiger charge is 2.12. The smallest absolute Gasteiger partial charge is 0.340 e. The summed E-state index contributed by atoms with van der Waals surface area (Å²) < 4.78 is 24.8. The Balaban J connectivity index is 2.07. The van der Waals surface area contributed by atoms with Gasteiger partial charge in [0.25, 0.3) is 0 Å². The van der Waals surface area contributed by atoms with Gasteiger partial charge in [-0.25, -0.2) is 9.18 Å². The van der Waals surface area contributed by atoms with Crippen LogP contribution in [0.2, 0.25) is 0 Å². The second-order valence-corrected chi connectivity index (χ2v) is 5.30. The first-order valence-corrected chi connectivity index (χ1v) is 6.93. The molecule has 0 unspecified atom stereocenters. The van der Waals surface area contributed by atoms with Crippen LogP contribution in [0.5, 0.6) is 5.75 Å². The Labute approximate surface area is 129 Å². The molecule has 0 fully saturated rings. The molecule has 0 saturated heterocycles. The number of benzene rings is 2. The predicted molar refractivity (Wildman–Crippen MR) is 81.2 cm³/mol. The van der Waals surface area contributed by atoms with Gasteiger partial charge in [-0.15, -0.1) is 0 Å². The van der Waals surface area contributed by atoms with E-state index >= 15 is 0 Å². The molecule has 0 N–H and O–H groups in total. The van der Waals surface area contributed by atoms with Crippen LogP contribution in [0.1, 0.15) is 15.9 Å². The molecule has 0 heterocycles. The molecule has 0 spiro atoms. The SMILES string of the molecule is COC(=O)c1ccc(COc2cccc(I)c2)cc1F. The average molecular weight is 386 g/mol. The van der Waals surface area contributed by atoms with Gasteiger partial charge >= 0.3 is 5.97 Å². The molecule has 3 nitrogen and oxygen atoms in total. The number of hydrogen-bond acceptors (Lipinski definition) is 3. The van der Waals surface area contributed by atoms with Gasteiger partial charge < -0.3 is 9.47 Å². The van der Waals surface area contributed by atoms with E-state index in [4.69, 9.17) is 4.74 Å². The number of halogens is 2. The fourth-order valence-electron chi connectivity index (χ4n) is 1.65. The van der Waals surface area contributed by atoms with Crippen molar-refractivity contribution in [3.05, 3.63) is 63.0 Å². The monoisotopic (exact) mass is 386 g/mol. The van der Waals surface area contributed by atoms with Gasteiger partial charge in [-0.3, -0.25) is 0 Å². The fraction of sp³-hybridized carbons (Fsp3) is 0.133. The molecule has 0 aliphatic rings. The molecule has 104 valence electrons. The van der Waals surface area contributed by atoms with Crippen molar-refractivity contribution in [3.8, 4) is 5.75 Å². The van der Waals surface area contributed by atoms with Crippen molar-refractivity contribution in [2.45, 2.75) is 6.61 Å². The number of carbonyl (C=O) groups excluding carboxylic acids is 1. The maximum absolute atomic E-state index is 13.7. The number of esters is 1. The van der Waals surface area contributed by atoms with Crippen LogP contribution in [0.3, 0.4) is 0 Å². The Hall–Kier alpha value is -1.63. The molecule has 0 amide bonds. The Kier molecular flexibility index (Phi) is 4.94. The zero-order valence-electron chi connectivity index (χ0n) is 10.7. The van der Waals surface area contributed by atoms with Gasteiger partial charge in [-0.2, -0.15) is 0 Å². The molecule has 0 aromatic heterocycles. The highest BCUT2D eigenvalue weighted by molar-refractivity contribution is 14.1. The van der Waals surface area contributed by atoms with Crippen molar-refractivity contribution in [2.75, 3.05) is 7.11 Å². The van der Waals surface area contributed by atoms with Crippen LogP contribution >= 0.6 is 22.6 Å². The van der Waals surface area contributed by atoms with Crippen molar-refractivity contribution in [1.82, 2.24) is 0 Å². The van der Waals surface area contributed by atoms with E-state index in [2.05, 4.69) is 27.3 Å². The Morgan fingerprint density at radius 2 is 2.05 bits per heavy atom. The third-order valence-electron chi connectivity index (χ3n) is 2.64. The van der Waals surface area contributed by atoms with E-state index in [1.807, 2.05) is 24.3 Å². The average Bonchev–Trinajstić information content (AvgIpc) is 2.44. The third kappa shape index (κ3) is 3.69. The van der Waals surface area contributed by atoms with E-state index in [9.17, 15) is 9.18 Å². The molecule has 0 atom stereocenters. The molecule has 5 heteroatoms. The van der Waals surface area contributed by atoms with Gasteiger partial charge in [-0.05, 0) is 58.5 Å². The third-order valence-corrected chi connectivity index (χ3v) is 3.31. The van der Waals surface area contributed by atoms with Gasteiger partial charge in [0.2, 0.25) is 0 Å². The lowest BCUT2D eigenvalue weighted by molar-refractivity contribution is 0.0595. The summed E-state index contributed by atoms with van der Waals surface area (Å²) in [6, 6.07) is 11.9. The van der Waals surface area contributed by atoms with E-state index in [-0.39, 0.29) is 12.2 Å². The van der Waals surface area contributed by atoms with Crippen molar-refractivity contribution in [2.24, 2.45) is 0 Å². The minimum absolute atomic E-state index is 0.0782. The molecule has 0 radical (unpaired) electrons. The van der Waals surface area contributed by atoms with Gasteiger partial charge in [0.05, 0.1) is 12.7 Å². The predicted octanol–water partition coefficient (Wildman–Crippen LogP) is 3.80. The van der Waals surface area contributed by atoms with Crippen LogP contribution in [0.4, 0.5) is 4.39 Å². The zero-order chi connectivity index (χ0) is 14.5. The quantitative estimate of drug-likeness (QED) is 0.593. The van der Waals surface area contributed by atoms with E-state index < -0.39 is 11.8 Å². The largest absolute Gasteiger partial charge is 0.489 e. The highest BCUT2D eigenvalue weighted by Crippen LogP contribution is 2.17. The van der Waals surface area contributed by atoms with E-state index in [0.717, 1.165) is 3.57 Å². The molecular formula is C15H12FIO3. The highest BCUT2D eigenvalue weighted by atomic mass is 127. The van der Waals surface area contributed by atoms with Crippen LogP contribution in [0.15, 0.2) is 42.5 Å². The Bertz CT molecular complexity index is 628. The fourth-order valence-corrected chi connectivity index (χ4v) is 2.16. The number of rotatable bonds is 4. The molecule has 0 aliphatic carbocycles. The lowest BCUT2D eigenvalue weighted by Crippen LogP contribution is -2.05. The van der Waals surface area contributed by atoms with Crippen LogP contribution < -0.4 is 4.74 Å². The summed E-state index contributed by atoms with van der Waals surface area (Å²) in [5, 5.41) is 0. The van der Waals surface area contributed by atoms with Crippen LogP contribution in [0.25, 0.3) is 0 Å². The van der Waals surface area contributed by atoms with E-state index in [1.54, 1.807) is 6.07 Å². The molecular weight excluding hydrogens is 374 g/mol. The molecule has 0 saturated carbocycles. The Morgan fingerprint density at radius 3 is 2.70 bits per heavy atom.